The summed E-state index contributed by atoms with van der Waals surface area (Å²) in [6, 6.07) is 0. The van der Waals surface area contributed by atoms with E-state index in [1.165, 1.54) is 6.34 Å². The first-order valence-electron chi connectivity index (χ1n) is 3.07. The van der Waals surface area contributed by atoms with Crippen LogP contribution in [0.4, 0.5) is 0 Å². The van der Waals surface area contributed by atoms with Crippen molar-refractivity contribution in [3.05, 3.63) is 23.9 Å². The molecule has 1 aliphatic heterocycles. The van der Waals surface area contributed by atoms with Crippen molar-refractivity contribution in [1.29, 1.82) is 0 Å². The minimum Gasteiger partial charge on any atom is -0.235 e. The van der Waals surface area contributed by atoms with Gasteiger partial charge in [0, 0.05) is 0 Å². The Morgan fingerprint density at radius 2 is 2.27 bits per heavy atom. The summed E-state index contributed by atoms with van der Waals surface area (Å²) in [7, 11) is 0. The molecular formula is C7H4N2OS. The van der Waals surface area contributed by atoms with Crippen molar-refractivity contribution < 1.29 is 4.21 Å². The number of fused-ring (bicyclic) bond motifs is 1. The van der Waals surface area contributed by atoms with Crippen LogP contribution in [-0.2, 0) is 11.3 Å². The van der Waals surface area contributed by atoms with E-state index in [2.05, 4.69) is 9.98 Å². The van der Waals surface area contributed by atoms with E-state index < -0.39 is 0 Å². The van der Waals surface area contributed by atoms with E-state index in [1.54, 1.807) is 18.2 Å². The van der Waals surface area contributed by atoms with Crippen LogP contribution in [0.3, 0.4) is 0 Å². The summed E-state index contributed by atoms with van der Waals surface area (Å²) in [6.07, 6.45) is 6.77. The number of allylic oxidation sites excluding steroid dienone is 3. The third-order valence-electron chi connectivity index (χ3n) is 1.44. The third-order valence-corrected chi connectivity index (χ3v) is 1.88. The van der Waals surface area contributed by atoms with Gasteiger partial charge in [-0.15, -0.1) is 0 Å². The molecule has 0 amide bonds. The monoisotopic (exact) mass is 164 g/mol. The van der Waals surface area contributed by atoms with E-state index in [0.717, 1.165) is 11.4 Å². The van der Waals surface area contributed by atoms with Gasteiger partial charge in [-0.05, 0) is 18.2 Å². The molecule has 1 aliphatic carbocycles. The lowest BCUT2D eigenvalue weighted by Gasteiger charge is -1.99. The Labute approximate surface area is 66.9 Å². The highest BCUT2D eigenvalue weighted by Crippen LogP contribution is 2.11. The molecule has 11 heavy (non-hydrogen) atoms. The SMILES string of the molecule is O=S=C1C=CC2=NC=NC2=C1. The van der Waals surface area contributed by atoms with Gasteiger partial charge in [0.1, 0.15) is 6.34 Å². The van der Waals surface area contributed by atoms with E-state index >= 15 is 0 Å². The zero-order chi connectivity index (χ0) is 7.68. The summed E-state index contributed by atoms with van der Waals surface area (Å²) in [4.78, 5) is 8.61. The zero-order valence-electron chi connectivity index (χ0n) is 5.52. The molecule has 54 valence electrons. The molecule has 0 saturated carbocycles. The fourth-order valence-corrected chi connectivity index (χ4v) is 1.20. The van der Waals surface area contributed by atoms with Gasteiger partial charge in [0.2, 0.25) is 0 Å². The number of nitrogens with zero attached hydrogens (tertiary/aromatic N) is 2. The summed E-state index contributed by atoms with van der Waals surface area (Å²) >= 11 is 0.469. The van der Waals surface area contributed by atoms with Crippen LogP contribution in [0.1, 0.15) is 0 Å². The first-order chi connectivity index (χ1) is 5.40. The molecule has 0 aromatic rings. The van der Waals surface area contributed by atoms with Crippen LogP contribution in [0.5, 0.6) is 0 Å². The molecule has 2 aliphatic rings. The summed E-state index contributed by atoms with van der Waals surface area (Å²) in [5, 5.41) is 0. The van der Waals surface area contributed by atoms with E-state index in [4.69, 9.17) is 0 Å². The molecule has 0 aromatic carbocycles. The molecule has 3 nitrogen and oxygen atoms in total. The highest BCUT2D eigenvalue weighted by Gasteiger charge is 2.11. The maximum atomic E-state index is 10.4. The number of hydrogen-bond acceptors (Lipinski definition) is 3. The van der Waals surface area contributed by atoms with E-state index in [1.807, 2.05) is 0 Å². The second kappa shape index (κ2) is 2.39. The van der Waals surface area contributed by atoms with Gasteiger partial charge >= 0.3 is 0 Å². The van der Waals surface area contributed by atoms with Crippen molar-refractivity contribution in [2.75, 3.05) is 0 Å². The summed E-state index contributed by atoms with van der Waals surface area (Å²) in [5.41, 5.74) is 1.62. The largest absolute Gasteiger partial charge is 0.235 e. The standard InChI is InChI=1S/C7H4N2OS/c10-11-5-1-2-6-7(3-5)9-4-8-6/h1-4H. The fraction of sp³-hybridized carbons (Fsp3) is 0. The Kier molecular flexibility index (Phi) is 1.40. The molecule has 0 N–H and O–H groups in total. The molecule has 4 heteroatoms. The topological polar surface area (TPSA) is 41.8 Å². The number of aliphatic imine (C=N–C) groups is 2. The van der Waals surface area contributed by atoms with Gasteiger partial charge < -0.3 is 0 Å². The van der Waals surface area contributed by atoms with Gasteiger partial charge in [-0.3, -0.25) is 0 Å². The van der Waals surface area contributed by atoms with E-state index in [9.17, 15) is 4.21 Å². The zero-order valence-corrected chi connectivity index (χ0v) is 6.34. The summed E-state index contributed by atoms with van der Waals surface area (Å²) in [5.74, 6) is 0. The van der Waals surface area contributed by atoms with Crippen LogP contribution in [0.15, 0.2) is 33.9 Å². The van der Waals surface area contributed by atoms with Crippen molar-refractivity contribution in [3.8, 4) is 0 Å². The Hall–Kier alpha value is -1.29. The second-order valence-electron chi connectivity index (χ2n) is 2.11. The molecule has 0 fully saturated rings. The minimum absolute atomic E-state index is 0.469. The van der Waals surface area contributed by atoms with Crippen LogP contribution in [0.2, 0.25) is 0 Å². The lowest BCUT2D eigenvalue weighted by molar-refractivity contribution is 0.701. The second-order valence-corrected chi connectivity index (χ2v) is 2.75. The molecule has 0 bridgehead atoms. The van der Waals surface area contributed by atoms with Crippen LogP contribution in [0.25, 0.3) is 0 Å². The van der Waals surface area contributed by atoms with E-state index in [-0.39, 0.29) is 0 Å². The number of hydrogen-bond donors (Lipinski definition) is 0. The van der Waals surface area contributed by atoms with Crippen LogP contribution in [-0.4, -0.2) is 21.1 Å². The molecule has 0 atom stereocenters. The van der Waals surface area contributed by atoms with Crippen LogP contribution < -0.4 is 0 Å². The van der Waals surface area contributed by atoms with Gasteiger partial charge in [0.15, 0.2) is 0 Å². The van der Waals surface area contributed by atoms with Crippen LogP contribution >= 0.6 is 0 Å². The van der Waals surface area contributed by atoms with Crippen molar-refractivity contribution in [2.45, 2.75) is 0 Å². The minimum atomic E-state index is 0.469. The predicted molar refractivity (Wildman–Crippen MR) is 46.3 cm³/mol. The quantitative estimate of drug-likeness (QED) is 0.475. The average Bonchev–Trinajstić information content (AvgIpc) is 2.50. The van der Waals surface area contributed by atoms with Gasteiger partial charge in [-0.2, -0.15) is 0 Å². The van der Waals surface area contributed by atoms with Gasteiger partial charge in [-0.1, -0.05) is 0 Å². The Morgan fingerprint density at radius 3 is 3.09 bits per heavy atom. The van der Waals surface area contributed by atoms with Gasteiger partial charge in [0.05, 0.1) is 27.5 Å². The summed E-state index contributed by atoms with van der Waals surface area (Å²) < 4.78 is 10.4. The molecule has 0 spiro atoms. The highest BCUT2D eigenvalue weighted by molar-refractivity contribution is 7.67. The van der Waals surface area contributed by atoms with Crippen LogP contribution in [0, 0.1) is 0 Å². The van der Waals surface area contributed by atoms with Crippen molar-refractivity contribution >= 4 is 28.2 Å². The highest BCUT2D eigenvalue weighted by atomic mass is 32.1. The first-order valence-corrected chi connectivity index (χ1v) is 3.81. The molecule has 2 rings (SSSR count). The van der Waals surface area contributed by atoms with Crippen molar-refractivity contribution in [2.24, 2.45) is 9.98 Å². The Bertz CT molecular complexity index is 370. The molecule has 0 saturated heterocycles. The fourth-order valence-electron chi connectivity index (χ4n) is 0.921. The predicted octanol–water partition coefficient (Wildman–Crippen LogP) is 0.308. The van der Waals surface area contributed by atoms with Crippen molar-refractivity contribution in [3.63, 3.8) is 0 Å². The third kappa shape index (κ3) is 1.01. The summed E-state index contributed by atoms with van der Waals surface area (Å²) in [6.45, 7) is 0. The number of rotatable bonds is 0. The molecule has 1 heterocycles. The smallest absolute Gasteiger partial charge is 0.116 e. The maximum absolute atomic E-state index is 10.4. The maximum Gasteiger partial charge on any atom is 0.116 e. The molecule has 0 aromatic heterocycles. The molecule has 0 unspecified atom stereocenters. The van der Waals surface area contributed by atoms with E-state index in [0.29, 0.717) is 16.1 Å². The first kappa shape index (κ1) is 6.42. The average molecular weight is 164 g/mol. The molecule has 0 radical (unpaired) electrons. The normalized spacial score (nSPS) is 19.5. The molecular weight excluding hydrogens is 160 g/mol. The lowest BCUT2D eigenvalue weighted by atomic mass is 10.1. The Balaban J connectivity index is 2.53. The Morgan fingerprint density at radius 1 is 1.36 bits per heavy atom. The van der Waals surface area contributed by atoms with Gasteiger partial charge in [-0.25, -0.2) is 14.2 Å². The van der Waals surface area contributed by atoms with Gasteiger partial charge in [0.25, 0.3) is 0 Å². The van der Waals surface area contributed by atoms with Crippen molar-refractivity contribution in [1.82, 2.24) is 0 Å². The lowest BCUT2D eigenvalue weighted by Crippen LogP contribution is -2.03.